The van der Waals surface area contributed by atoms with Gasteiger partial charge in [0.1, 0.15) is 5.69 Å². The smallest absolute Gasteiger partial charge is 0.243 e. The van der Waals surface area contributed by atoms with E-state index in [2.05, 4.69) is 5.10 Å². The van der Waals surface area contributed by atoms with Gasteiger partial charge in [0.05, 0.1) is 23.6 Å². The second-order valence-electron chi connectivity index (χ2n) is 6.79. The molecule has 0 aliphatic heterocycles. The summed E-state index contributed by atoms with van der Waals surface area (Å²) in [6.07, 6.45) is 2.95. The molecule has 1 N–H and O–H groups in total. The third kappa shape index (κ3) is 4.20. The van der Waals surface area contributed by atoms with E-state index in [1.54, 1.807) is 29.1 Å². The quantitative estimate of drug-likeness (QED) is 0.708. The topological polar surface area (TPSA) is 92.5 Å². The van der Waals surface area contributed by atoms with Crippen LogP contribution >= 0.6 is 0 Å². The third-order valence-electron chi connectivity index (χ3n) is 4.26. The van der Waals surface area contributed by atoms with Gasteiger partial charge >= 0.3 is 0 Å². The SMILES string of the molecule is Cc1ccc(S(=O)(=O)N(CC(=O)c2ccn(C3CC3)n2)CC(C)O)cc1. The first-order valence-electron chi connectivity index (χ1n) is 8.60. The standard InChI is InChI=1S/C18H23N3O4S/c1-13-3-7-16(8-4-13)26(24,25)20(11-14(2)22)12-18(23)17-9-10-21(19-17)15-5-6-15/h3-4,7-10,14-15,22H,5-6,11-12H2,1-2H3. The first-order chi connectivity index (χ1) is 12.3. The highest BCUT2D eigenvalue weighted by Gasteiger charge is 2.30. The number of hydrogen-bond donors (Lipinski definition) is 1. The van der Waals surface area contributed by atoms with Gasteiger partial charge in [0.15, 0.2) is 5.78 Å². The molecule has 1 aliphatic rings. The molecule has 0 amide bonds. The number of hydrogen-bond acceptors (Lipinski definition) is 5. The van der Waals surface area contributed by atoms with E-state index < -0.39 is 16.1 Å². The molecule has 1 saturated carbocycles. The number of nitrogens with zero attached hydrogens (tertiary/aromatic N) is 3. The number of carbonyl (C=O) groups excluding carboxylic acids is 1. The van der Waals surface area contributed by atoms with Gasteiger partial charge in [0, 0.05) is 12.7 Å². The molecule has 1 heterocycles. The number of aliphatic hydroxyl groups excluding tert-OH is 1. The van der Waals surface area contributed by atoms with E-state index in [0.29, 0.717) is 6.04 Å². The first-order valence-corrected chi connectivity index (χ1v) is 10.0. The van der Waals surface area contributed by atoms with Gasteiger partial charge < -0.3 is 5.11 Å². The number of benzene rings is 1. The summed E-state index contributed by atoms with van der Waals surface area (Å²) < 4.78 is 28.6. The number of aromatic nitrogens is 2. The lowest BCUT2D eigenvalue weighted by molar-refractivity contribution is 0.0938. The normalized spacial score (nSPS) is 16.0. The van der Waals surface area contributed by atoms with E-state index in [9.17, 15) is 18.3 Å². The molecular formula is C18H23N3O4S. The van der Waals surface area contributed by atoms with E-state index in [-0.39, 0.29) is 29.5 Å². The van der Waals surface area contributed by atoms with E-state index in [1.165, 1.54) is 19.1 Å². The summed E-state index contributed by atoms with van der Waals surface area (Å²) >= 11 is 0. The number of sulfonamides is 1. The Balaban J connectivity index is 1.82. The maximum Gasteiger partial charge on any atom is 0.243 e. The highest BCUT2D eigenvalue weighted by atomic mass is 32.2. The largest absolute Gasteiger partial charge is 0.392 e. The molecule has 1 aromatic carbocycles. The van der Waals surface area contributed by atoms with E-state index in [4.69, 9.17) is 0 Å². The summed E-state index contributed by atoms with van der Waals surface area (Å²) in [5, 5.41) is 14.0. The van der Waals surface area contributed by atoms with Crippen LogP contribution in [-0.4, -0.2) is 52.6 Å². The summed E-state index contributed by atoms with van der Waals surface area (Å²) in [6, 6.07) is 8.37. The fraction of sp³-hybridized carbons (Fsp3) is 0.444. The molecule has 1 aromatic heterocycles. The van der Waals surface area contributed by atoms with Gasteiger partial charge in [0.2, 0.25) is 10.0 Å². The van der Waals surface area contributed by atoms with Gasteiger partial charge in [0.25, 0.3) is 0 Å². The maximum atomic E-state index is 12.9. The Morgan fingerprint density at radius 3 is 2.54 bits per heavy atom. The minimum Gasteiger partial charge on any atom is -0.392 e. The second-order valence-corrected chi connectivity index (χ2v) is 8.73. The molecule has 1 atom stereocenters. The fourth-order valence-corrected chi connectivity index (χ4v) is 4.15. The van der Waals surface area contributed by atoms with Crippen LogP contribution in [0.25, 0.3) is 0 Å². The summed E-state index contributed by atoms with van der Waals surface area (Å²) in [6.45, 7) is 2.84. The van der Waals surface area contributed by atoms with Crippen LogP contribution < -0.4 is 0 Å². The lowest BCUT2D eigenvalue weighted by Gasteiger charge is -2.22. The van der Waals surface area contributed by atoms with E-state index in [1.807, 2.05) is 6.92 Å². The molecule has 1 aliphatic carbocycles. The molecule has 1 unspecified atom stereocenters. The Labute approximate surface area is 153 Å². The molecule has 0 saturated heterocycles. The molecule has 140 valence electrons. The summed E-state index contributed by atoms with van der Waals surface area (Å²) in [4.78, 5) is 12.7. The predicted octanol–water partition coefficient (Wildman–Crippen LogP) is 1.78. The Hall–Kier alpha value is -2.03. The van der Waals surface area contributed by atoms with Gasteiger partial charge in [-0.25, -0.2) is 8.42 Å². The average molecular weight is 377 g/mol. The van der Waals surface area contributed by atoms with Gasteiger partial charge in [-0.2, -0.15) is 9.40 Å². The van der Waals surface area contributed by atoms with Crippen LogP contribution in [0, 0.1) is 6.92 Å². The van der Waals surface area contributed by atoms with Gasteiger partial charge in [-0.15, -0.1) is 0 Å². The van der Waals surface area contributed by atoms with Crippen LogP contribution in [0.3, 0.4) is 0 Å². The fourth-order valence-electron chi connectivity index (χ4n) is 2.67. The van der Waals surface area contributed by atoms with Crippen molar-refractivity contribution in [3.8, 4) is 0 Å². The lowest BCUT2D eigenvalue weighted by Crippen LogP contribution is -2.40. The minimum atomic E-state index is -3.90. The van der Waals surface area contributed by atoms with Crippen molar-refractivity contribution in [1.82, 2.24) is 14.1 Å². The van der Waals surface area contributed by atoms with Crippen molar-refractivity contribution in [1.29, 1.82) is 0 Å². The molecule has 0 radical (unpaired) electrons. The molecular weight excluding hydrogens is 354 g/mol. The van der Waals surface area contributed by atoms with Gasteiger partial charge in [-0.3, -0.25) is 9.48 Å². The third-order valence-corrected chi connectivity index (χ3v) is 6.09. The monoisotopic (exact) mass is 377 g/mol. The number of carbonyl (C=O) groups is 1. The van der Waals surface area contributed by atoms with Crippen molar-refractivity contribution in [2.24, 2.45) is 0 Å². The molecule has 0 spiro atoms. The molecule has 0 bridgehead atoms. The zero-order valence-electron chi connectivity index (χ0n) is 14.9. The van der Waals surface area contributed by atoms with Crippen molar-refractivity contribution in [2.45, 2.75) is 43.7 Å². The maximum absolute atomic E-state index is 12.9. The van der Waals surface area contributed by atoms with Gasteiger partial charge in [-0.1, -0.05) is 17.7 Å². The zero-order valence-corrected chi connectivity index (χ0v) is 15.7. The summed E-state index contributed by atoms with van der Waals surface area (Å²) in [5.41, 5.74) is 1.18. The Kier molecular flexibility index (Phi) is 5.27. The van der Waals surface area contributed by atoms with Crippen LogP contribution in [0.2, 0.25) is 0 Å². The Morgan fingerprint density at radius 2 is 1.96 bits per heavy atom. The summed E-state index contributed by atoms with van der Waals surface area (Å²) in [7, 11) is -3.90. The van der Waals surface area contributed by atoms with Crippen LogP contribution in [-0.2, 0) is 10.0 Å². The number of Topliss-reactive ketones (excluding diaryl/α,β-unsaturated/α-hetero) is 1. The van der Waals surface area contributed by atoms with Crippen LogP contribution in [0.4, 0.5) is 0 Å². The average Bonchev–Trinajstić information content (AvgIpc) is 3.31. The molecule has 1 fully saturated rings. The van der Waals surface area contributed by atoms with Crippen LogP contribution in [0.1, 0.15) is 41.9 Å². The molecule has 3 rings (SSSR count). The van der Waals surface area contributed by atoms with Crippen LogP contribution in [0.5, 0.6) is 0 Å². The van der Waals surface area contributed by atoms with Crippen molar-refractivity contribution < 1.29 is 18.3 Å². The first kappa shape index (κ1) is 18.8. The van der Waals surface area contributed by atoms with E-state index in [0.717, 1.165) is 22.7 Å². The van der Waals surface area contributed by atoms with Crippen molar-refractivity contribution >= 4 is 15.8 Å². The molecule has 26 heavy (non-hydrogen) atoms. The highest BCUT2D eigenvalue weighted by Crippen LogP contribution is 2.33. The molecule has 8 heteroatoms. The number of rotatable bonds is 8. The number of ketones is 1. The number of aryl methyl sites for hydroxylation is 1. The van der Waals surface area contributed by atoms with Crippen molar-refractivity contribution in [3.05, 3.63) is 47.8 Å². The highest BCUT2D eigenvalue weighted by molar-refractivity contribution is 7.89. The van der Waals surface area contributed by atoms with E-state index >= 15 is 0 Å². The van der Waals surface area contributed by atoms with Gasteiger partial charge in [-0.05, 0) is 44.9 Å². The Morgan fingerprint density at radius 1 is 1.31 bits per heavy atom. The molecule has 7 nitrogen and oxygen atoms in total. The number of aliphatic hydroxyl groups is 1. The lowest BCUT2D eigenvalue weighted by atomic mass is 10.2. The van der Waals surface area contributed by atoms with Crippen molar-refractivity contribution in [2.75, 3.05) is 13.1 Å². The summed E-state index contributed by atoms with van der Waals surface area (Å²) in [5.74, 6) is -0.388. The van der Waals surface area contributed by atoms with Crippen LogP contribution in [0.15, 0.2) is 41.4 Å². The van der Waals surface area contributed by atoms with Crippen molar-refractivity contribution in [3.63, 3.8) is 0 Å². The Bertz CT molecular complexity index is 883. The predicted molar refractivity (Wildman–Crippen MR) is 96.4 cm³/mol. The second kappa shape index (κ2) is 7.30. The minimum absolute atomic E-state index is 0.0973. The molecule has 2 aromatic rings. The zero-order chi connectivity index (χ0) is 18.9.